The van der Waals surface area contributed by atoms with Gasteiger partial charge in [-0.25, -0.2) is 0 Å². The highest BCUT2D eigenvalue weighted by atomic mass is 127. The Bertz CT molecular complexity index is 821. The van der Waals surface area contributed by atoms with E-state index in [0.29, 0.717) is 22.8 Å². The topological polar surface area (TPSA) is 109 Å². The molecule has 1 amide bonds. The lowest BCUT2D eigenvalue weighted by atomic mass is 10.0. The molecule has 0 saturated heterocycles. The van der Waals surface area contributed by atoms with E-state index in [9.17, 15) is 17.8 Å². The summed E-state index contributed by atoms with van der Waals surface area (Å²) in [7, 11) is -4.35. The van der Waals surface area contributed by atoms with Crippen molar-refractivity contribution in [2.24, 2.45) is 0 Å². The number of nitrogens with one attached hydrogen (secondary N) is 1. The van der Waals surface area contributed by atoms with E-state index in [2.05, 4.69) is 5.32 Å². The molecule has 0 spiro atoms. The average molecular weight is 434 g/mol. The third-order valence-electron chi connectivity index (χ3n) is 3.27. The van der Waals surface area contributed by atoms with Crippen LogP contribution in [-0.4, -0.2) is 29.9 Å². The number of carbonyl (C=O) groups is 1. The van der Waals surface area contributed by atoms with Crippen LogP contribution in [0.15, 0.2) is 35.2 Å². The summed E-state index contributed by atoms with van der Waals surface area (Å²) >= 11 is 1.99. The summed E-state index contributed by atoms with van der Waals surface area (Å²) in [6.07, 6.45) is 0.602. The highest BCUT2D eigenvalue weighted by Crippen LogP contribution is 2.30. The molecule has 2 aromatic carbocycles. The molecule has 4 N–H and O–H groups in total. The molecule has 0 aliphatic heterocycles. The maximum absolute atomic E-state index is 11.3. The van der Waals surface area contributed by atoms with Gasteiger partial charge in [-0.1, -0.05) is 46.9 Å². The highest BCUT2D eigenvalue weighted by Gasteiger charge is 2.16. The van der Waals surface area contributed by atoms with Gasteiger partial charge in [-0.2, -0.15) is 8.42 Å². The number of benzene rings is 2. The summed E-state index contributed by atoms with van der Waals surface area (Å²) in [5.41, 5.74) is 6.83. The first kappa shape index (κ1) is 17.0. The Labute approximate surface area is 142 Å². The van der Waals surface area contributed by atoms with Crippen molar-refractivity contribution in [3.63, 3.8) is 0 Å². The molecule has 22 heavy (non-hydrogen) atoms. The number of hydrogen-bond donors (Lipinski definition) is 3. The normalized spacial score (nSPS) is 11.5. The zero-order valence-electron chi connectivity index (χ0n) is 11.5. The van der Waals surface area contributed by atoms with Gasteiger partial charge in [0.25, 0.3) is 10.1 Å². The number of halogens is 1. The van der Waals surface area contributed by atoms with Crippen LogP contribution in [-0.2, 0) is 21.3 Å². The number of amides is 1. The van der Waals surface area contributed by atoms with E-state index in [-0.39, 0.29) is 16.5 Å². The summed E-state index contributed by atoms with van der Waals surface area (Å²) < 4.78 is 32.2. The van der Waals surface area contributed by atoms with E-state index in [1.807, 2.05) is 28.7 Å². The van der Waals surface area contributed by atoms with Crippen LogP contribution in [0.1, 0.15) is 5.56 Å². The fourth-order valence-electron chi connectivity index (χ4n) is 2.25. The molecule has 0 aliphatic rings. The molecule has 0 heterocycles. The van der Waals surface area contributed by atoms with Crippen molar-refractivity contribution >= 4 is 55.1 Å². The third-order valence-corrected chi connectivity index (χ3v) is 4.87. The minimum atomic E-state index is -4.35. The number of rotatable bonds is 5. The Morgan fingerprint density at radius 1 is 1.23 bits per heavy atom. The van der Waals surface area contributed by atoms with Gasteiger partial charge < -0.3 is 11.1 Å². The molecule has 8 heteroatoms. The van der Waals surface area contributed by atoms with Gasteiger partial charge in [0.15, 0.2) is 0 Å². The smallest absolute Gasteiger partial charge is 0.296 e. The fraction of sp³-hybridized carbons (Fsp3) is 0.214. The van der Waals surface area contributed by atoms with Crippen molar-refractivity contribution in [2.45, 2.75) is 11.3 Å². The molecular formula is C14H15IN2O4S. The van der Waals surface area contributed by atoms with Crippen molar-refractivity contribution in [3.05, 3.63) is 35.9 Å². The van der Waals surface area contributed by atoms with E-state index in [4.69, 9.17) is 5.73 Å². The summed E-state index contributed by atoms with van der Waals surface area (Å²) in [5, 5.41) is 4.15. The third kappa shape index (κ3) is 3.68. The molecular weight excluding hydrogens is 419 g/mol. The number of fused-ring (bicyclic) bond motifs is 1. The molecule has 0 radical (unpaired) electrons. The summed E-state index contributed by atoms with van der Waals surface area (Å²) in [6.45, 7) is 0.487. The largest absolute Gasteiger partial charge is 0.397 e. The minimum absolute atomic E-state index is 0.0261. The van der Waals surface area contributed by atoms with Crippen LogP contribution in [0.5, 0.6) is 0 Å². The first-order valence-corrected chi connectivity index (χ1v) is 9.41. The first-order chi connectivity index (χ1) is 10.3. The van der Waals surface area contributed by atoms with Crippen LogP contribution in [0, 0.1) is 0 Å². The van der Waals surface area contributed by atoms with Gasteiger partial charge in [0.1, 0.15) is 4.90 Å². The second-order valence-electron chi connectivity index (χ2n) is 4.70. The van der Waals surface area contributed by atoms with E-state index in [1.54, 1.807) is 18.2 Å². The lowest BCUT2D eigenvalue weighted by molar-refractivity contribution is -0.118. The maximum Gasteiger partial charge on any atom is 0.296 e. The molecule has 0 unspecified atom stereocenters. The van der Waals surface area contributed by atoms with Gasteiger partial charge in [-0.15, -0.1) is 0 Å². The van der Waals surface area contributed by atoms with Crippen LogP contribution >= 0.6 is 22.6 Å². The Hall–Kier alpha value is -1.39. The zero-order valence-corrected chi connectivity index (χ0v) is 14.5. The molecule has 0 fully saturated rings. The van der Waals surface area contributed by atoms with Gasteiger partial charge in [0.05, 0.1) is 10.1 Å². The van der Waals surface area contributed by atoms with Crippen molar-refractivity contribution in [1.29, 1.82) is 0 Å². The van der Waals surface area contributed by atoms with Gasteiger partial charge >= 0.3 is 0 Å². The second-order valence-corrected chi connectivity index (χ2v) is 6.85. The molecule has 118 valence electrons. The van der Waals surface area contributed by atoms with Crippen molar-refractivity contribution in [2.75, 3.05) is 16.7 Å². The first-order valence-electron chi connectivity index (χ1n) is 6.45. The van der Waals surface area contributed by atoms with Crippen LogP contribution in [0.2, 0.25) is 0 Å². The lowest BCUT2D eigenvalue weighted by Crippen LogP contribution is -2.26. The molecule has 2 rings (SSSR count). The molecule has 0 aliphatic carbocycles. The standard InChI is InChI=1S/C14H15IN2O4S/c15-8-13(18)17-7-6-9-2-1-3-11-10(9)4-5-12(14(11)16)22(19,20)21/h1-5H,6-8,16H2,(H,17,18)(H,19,20,21). The Balaban J connectivity index is 2.38. The van der Waals surface area contributed by atoms with Gasteiger partial charge in [-0.3, -0.25) is 9.35 Å². The summed E-state index contributed by atoms with van der Waals surface area (Å²) in [6, 6.07) is 8.27. The quantitative estimate of drug-likeness (QED) is 0.288. The van der Waals surface area contributed by atoms with Gasteiger partial charge in [0, 0.05) is 11.9 Å². The van der Waals surface area contributed by atoms with Gasteiger partial charge in [-0.05, 0) is 23.4 Å². The number of nitrogens with two attached hydrogens (primary N) is 1. The summed E-state index contributed by atoms with van der Waals surface area (Å²) in [4.78, 5) is 10.9. The van der Waals surface area contributed by atoms with E-state index in [0.717, 1.165) is 10.9 Å². The molecule has 0 aromatic heterocycles. The molecule has 6 nitrogen and oxygen atoms in total. The monoisotopic (exact) mass is 434 g/mol. The number of anilines is 1. The molecule has 0 bridgehead atoms. The Morgan fingerprint density at radius 2 is 1.95 bits per heavy atom. The number of hydrogen-bond acceptors (Lipinski definition) is 4. The van der Waals surface area contributed by atoms with Crippen molar-refractivity contribution in [3.8, 4) is 0 Å². The Kier molecular flexibility index (Phi) is 5.24. The number of alkyl halides is 1. The van der Waals surface area contributed by atoms with Crippen molar-refractivity contribution < 1.29 is 17.8 Å². The number of nitrogen functional groups attached to an aromatic ring is 1. The fourth-order valence-corrected chi connectivity index (χ4v) is 3.15. The van der Waals surface area contributed by atoms with Gasteiger partial charge in [0.2, 0.25) is 5.91 Å². The van der Waals surface area contributed by atoms with Crippen LogP contribution in [0.25, 0.3) is 10.8 Å². The average Bonchev–Trinajstić information content (AvgIpc) is 2.46. The van der Waals surface area contributed by atoms with E-state index >= 15 is 0 Å². The maximum atomic E-state index is 11.3. The van der Waals surface area contributed by atoms with Crippen LogP contribution in [0.4, 0.5) is 5.69 Å². The minimum Gasteiger partial charge on any atom is -0.397 e. The van der Waals surface area contributed by atoms with Crippen LogP contribution in [0.3, 0.4) is 0 Å². The molecule has 0 atom stereocenters. The van der Waals surface area contributed by atoms with Crippen LogP contribution < -0.4 is 11.1 Å². The lowest BCUT2D eigenvalue weighted by Gasteiger charge is -2.11. The zero-order chi connectivity index (χ0) is 16.3. The summed E-state index contributed by atoms with van der Waals surface area (Å²) in [5.74, 6) is -0.0333. The second kappa shape index (κ2) is 6.80. The highest BCUT2D eigenvalue weighted by molar-refractivity contribution is 14.1. The number of carbonyl (C=O) groups excluding carboxylic acids is 1. The predicted octanol–water partition coefficient (Wildman–Crippen LogP) is 1.76. The predicted molar refractivity (Wildman–Crippen MR) is 93.8 cm³/mol. The SMILES string of the molecule is Nc1c(S(=O)(=O)O)ccc2c(CCNC(=O)CI)cccc12. The Morgan fingerprint density at radius 3 is 2.59 bits per heavy atom. The van der Waals surface area contributed by atoms with Crippen molar-refractivity contribution in [1.82, 2.24) is 5.32 Å². The van der Waals surface area contributed by atoms with E-state index in [1.165, 1.54) is 6.07 Å². The molecule has 0 saturated carbocycles. The van der Waals surface area contributed by atoms with E-state index < -0.39 is 10.1 Å². The molecule has 2 aromatic rings.